The number of methoxy groups -OCH3 is 2. The lowest BCUT2D eigenvalue weighted by Crippen LogP contribution is -2.24. The van der Waals surface area contributed by atoms with E-state index in [0.717, 1.165) is 36.3 Å². The molecule has 35 heavy (non-hydrogen) atoms. The lowest BCUT2D eigenvalue weighted by atomic mass is 10.2. The van der Waals surface area contributed by atoms with Gasteiger partial charge >= 0.3 is 0 Å². The largest absolute Gasteiger partial charge is 0.497 e. The van der Waals surface area contributed by atoms with Crippen LogP contribution in [0.3, 0.4) is 0 Å². The zero-order valence-corrected chi connectivity index (χ0v) is 20.7. The van der Waals surface area contributed by atoms with Crippen molar-refractivity contribution >= 4 is 18.1 Å². The summed E-state index contributed by atoms with van der Waals surface area (Å²) in [5, 5.41) is 10.1. The number of ether oxygens (including phenoxy) is 4. The highest BCUT2D eigenvalue weighted by molar-refractivity contribution is 7.71. The molecular formula is C25H30N4O5S. The van der Waals surface area contributed by atoms with Crippen molar-refractivity contribution in [3.63, 3.8) is 0 Å². The second-order valence-electron chi connectivity index (χ2n) is 8.19. The Morgan fingerprint density at radius 2 is 2.03 bits per heavy atom. The zero-order chi connectivity index (χ0) is 24.6. The summed E-state index contributed by atoms with van der Waals surface area (Å²) < 4.78 is 24.5. The maximum atomic E-state index is 12.5. The van der Waals surface area contributed by atoms with Crippen molar-refractivity contribution in [3.8, 4) is 28.6 Å². The first-order chi connectivity index (χ1) is 17.1. The molecule has 4 rings (SSSR count). The molecule has 3 aromatic rings. The standard InChI is InChI=1S/C25H30N4O5S/c1-31-19-8-6-18(7-9-19)24-27-28-25(35)29(24)12-11-23(30)26-15-17-5-10-21(22(14-17)32-2)34-16-20-4-3-13-33-20/h5-10,14,20H,3-4,11-13,15-16H2,1-2H3,(H,26,30)(H,28,35). The van der Waals surface area contributed by atoms with Crippen LogP contribution in [0.25, 0.3) is 11.4 Å². The van der Waals surface area contributed by atoms with Crippen LogP contribution in [-0.2, 0) is 22.6 Å². The number of hydrogen-bond acceptors (Lipinski definition) is 7. The van der Waals surface area contributed by atoms with Crippen LogP contribution in [0.15, 0.2) is 42.5 Å². The summed E-state index contributed by atoms with van der Waals surface area (Å²) in [5.41, 5.74) is 1.80. The number of carbonyl (C=O) groups is 1. The van der Waals surface area contributed by atoms with Crippen molar-refractivity contribution < 1.29 is 23.7 Å². The molecule has 0 spiro atoms. The SMILES string of the molecule is COc1ccc(-c2n[nH]c(=S)n2CCC(=O)NCc2ccc(OCC3CCCO3)c(OC)c2)cc1. The van der Waals surface area contributed by atoms with E-state index in [4.69, 9.17) is 31.2 Å². The van der Waals surface area contributed by atoms with E-state index >= 15 is 0 Å². The van der Waals surface area contributed by atoms with E-state index in [2.05, 4.69) is 15.5 Å². The molecule has 1 aromatic heterocycles. The smallest absolute Gasteiger partial charge is 0.222 e. The van der Waals surface area contributed by atoms with Crippen LogP contribution in [0, 0.1) is 4.77 Å². The number of carbonyl (C=O) groups excluding carboxylic acids is 1. The van der Waals surface area contributed by atoms with Gasteiger partial charge in [-0.25, -0.2) is 0 Å². The van der Waals surface area contributed by atoms with Gasteiger partial charge in [0.05, 0.1) is 20.3 Å². The second kappa shape index (κ2) is 11.9. The monoisotopic (exact) mass is 498 g/mol. The van der Waals surface area contributed by atoms with Crippen molar-refractivity contribution in [2.45, 2.75) is 38.5 Å². The minimum absolute atomic E-state index is 0.0912. The summed E-state index contributed by atoms with van der Waals surface area (Å²) in [5.74, 6) is 2.63. The van der Waals surface area contributed by atoms with Gasteiger partial charge in [0.1, 0.15) is 12.4 Å². The Balaban J connectivity index is 1.31. The fraction of sp³-hybridized carbons (Fsp3) is 0.400. The number of aromatic nitrogens is 3. The molecule has 1 atom stereocenters. The fourth-order valence-electron chi connectivity index (χ4n) is 3.89. The van der Waals surface area contributed by atoms with Crippen molar-refractivity contribution in [2.75, 3.05) is 27.4 Å². The van der Waals surface area contributed by atoms with Crippen LogP contribution in [0.2, 0.25) is 0 Å². The lowest BCUT2D eigenvalue weighted by molar-refractivity contribution is -0.121. The van der Waals surface area contributed by atoms with Crippen LogP contribution < -0.4 is 19.5 Å². The molecule has 186 valence electrons. The minimum atomic E-state index is -0.0912. The summed E-state index contributed by atoms with van der Waals surface area (Å²) >= 11 is 5.37. The van der Waals surface area contributed by atoms with Gasteiger partial charge in [0.2, 0.25) is 5.91 Å². The number of hydrogen-bond donors (Lipinski definition) is 2. The fourth-order valence-corrected chi connectivity index (χ4v) is 4.11. The first-order valence-corrected chi connectivity index (χ1v) is 12.0. The number of amides is 1. The van der Waals surface area contributed by atoms with E-state index in [1.807, 2.05) is 47.0 Å². The van der Waals surface area contributed by atoms with Crippen LogP contribution in [-0.4, -0.2) is 54.2 Å². The summed E-state index contributed by atoms with van der Waals surface area (Å²) in [4.78, 5) is 12.5. The third-order valence-electron chi connectivity index (χ3n) is 5.84. The molecule has 2 aromatic carbocycles. The molecule has 2 N–H and O–H groups in total. The van der Waals surface area contributed by atoms with Gasteiger partial charge in [0.25, 0.3) is 0 Å². The molecule has 10 heteroatoms. The number of nitrogens with zero attached hydrogens (tertiary/aromatic N) is 2. The van der Waals surface area contributed by atoms with E-state index in [9.17, 15) is 4.79 Å². The van der Waals surface area contributed by atoms with Gasteiger partial charge < -0.3 is 24.3 Å². The molecular weight excluding hydrogens is 468 g/mol. The number of rotatable bonds is 11. The number of nitrogens with one attached hydrogen (secondary N) is 2. The first-order valence-electron chi connectivity index (χ1n) is 11.5. The summed E-state index contributed by atoms with van der Waals surface area (Å²) in [7, 11) is 3.22. The van der Waals surface area contributed by atoms with Gasteiger partial charge in [0, 0.05) is 31.7 Å². The number of benzene rings is 2. The molecule has 2 heterocycles. The molecule has 0 bridgehead atoms. The minimum Gasteiger partial charge on any atom is -0.497 e. The van der Waals surface area contributed by atoms with Gasteiger partial charge in [-0.2, -0.15) is 5.10 Å². The lowest BCUT2D eigenvalue weighted by Gasteiger charge is -2.15. The normalized spacial score (nSPS) is 15.1. The number of aromatic amines is 1. The van der Waals surface area contributed by atoms with E-state index in [1.165, 1.54) is 0 Å². The topological polar surface area (TPSA) is 99.6 Å². The Labute approximate surface area is 209 Å². The van der Waals surface area contributed by atoms with E-state index in [1.54, 1.807) is 14.2 Å². The predicted molar refractivity (Wildman–Crippen MR) is 133 cm³/mol. The molecule has 1 fully saturated rings. The second-order valence-corrected chi connectivity index (χ2v) is 8.58. The van der Waals surface area contributed by atoms with Crippen LogP contribution in [0.5, 0.6) is 17.2 Å². The Hall–Kier alpha value is -3.37. The van der Waals surface area contributed by atoms with E-state index < -0.39 is 0 Å². The van der Waals surface area contributed by atoms with Crippen LogP contribution in [0.4, 0.5) is 0 Å². The molecule has 1 saturated heterocycles. The quantitative estimate of drug-likeness (QED) is 0.387. The first kappa shape index (κ1) is 24.7. The maximum Gasteiger partial charge on any atom is 0.222 e. The molecule has 0 radical (unpaired) electrons. The zero-order valence-electron chi connectivity index (χ0n) is 19.9. The van der Waals surface area contributed by atoms with Gasteiger partial charge in [-0.3, -0.25) is 14.5 Å². The van der Waals surface area contributed by atoms with Gasteiger partial charge in [-0.15, -0.1) is 0 Å². The van der Waals surface area contributed by atoms with Crippen molar-refractivity contribution in [1.82, 2.24) is 20.1 Å². The average molecular weight is 499 g/mol. The van der Waals surface area contributed by atoms with Crippen molar-refractivity contribution in [2.24, 2.45) is 0 Å². The van der Waals surface area contributed by atoms with Crippen LogP contribution in [0.1, 0.15) is 24.8 Å². The van der Waals surface area contributed by atoms with Crippen LogP contribution >= 0.6 is 12.2 Å². The van der Waals surface area contributed by atoms with Gasteiger partial charge in [0.15, 0.2) is 22.1 Å². The van der Waals surface area contributed by atoms with E-state index in [-0.39, 0.29) is 18.4 Å². The van der Waals surface area contributed by atoms with Gasteiger partial charge in [-0.05, 0) is 67.0 Å². The highest BCUT2D eigenvalue weighted by Crippen LogP contribution is 2.29. The molecule has 9 nitrogen and oxygen atoms in total. The van der Waals surface area contributed by atoms with Crippen molar-refractivity contribution in [3.05, 3.63) is 52.8 Å². The third kappa shape index (κ3) is 6.40. The Bertz CT molecular complexity index is 1190. The molecule has 0 aliphatic carbocycles. The Morgan fingerprint density at radius 3 is 2.74 bits per heavy atom. The highest BCUT2D eigenvalue weighted by atomic mass is 32.1. The summed E-state index contributed by atoms with van der Waals surface area (Å²) in [6, 6.07) is 13.2. The van der Waals surface area contributed by atoms with Crippen molar-refractivity contribution in [1.29, 1.82) is 0 Å². The molecule has 0 saturated carbocycles. The molecule has 1 unspecified atom stereocenters. The number of H-pyrrole nitrogens is 1. The predicted octanol–water partition coefficient (Wildman–Crippen LogP) is 3.89. The summed E-state index contributed by atoms with van der Waals surface area (Å²) in [6.45, 7) is 2.08. The summed E-state index contributed by atoms with van der Waals surface area (Å²) in [6.07, 6.45) is 2.47. The maximum absolute atomic E-state index is 12.5. The Kier molecular flexibility index (Phi) is 8.38. The average Bonchev–Trinajstić information content (AvgIpc) is 3.54. The third-order valence-corrected chi connectivity index (χ3v) is 6.15. The van der Waals surface area contributed by atoms with Gasteiger partial charge in [-0.1, -0.05) is 6.07 Å². The molecule has 1 aliphatic heterocycles. The molecule has 1 aliphatic rings. The molecule has 1 amide bonds. The highest BCUT2D eigenvalue weighted by Gasteiger charge is 2.17. The Morgan fingerprint density at radius 1 is 1.20 bits per heavy atom. The van der Waals surface area contributed by atoms with E-state index in [0.29, 0.717) is 41.8 Å².